The van der Waals surface area contributed by atoms with Crippen molar-refractivity contribution >= 4 is 27.8 Å². The number of anilines is 2. The summed E-state index contributed by atoms with van der Waals surface area (Å²) in [7, 11) is -3.72. The highest BCUT2D eigenvalue weighted by Gasteiger charge is 2.18. The molecule has 162 valence electrons. The number of sulfonamides is 1. The van der Waals surface area contributed by atoms with Crippen LogP contribution in [0.15, 0.2) is 53.4 Å². The second-order valence-electron chi connectivity index (χ2n) is 8.07. The summed E-state index contributed by atoms with van der Waals surface area (Å²) in [5.74, 6) is 0.798. The van der Waals surface area contributed by atoms with Gasteiger partial charge in [-0.2, -0.15) is 0 Å². The van der Waals surface area contributed by atoms with E-state index >= 15 is 0 Å². The lowest BCUT2D eigenvalue weighted by molar-refractivity contribution is -0.105. The summed E-state index contributed by atoms with van der Waals surface area (Å²) in [6.45, 7) is 2.81. The van der Waals surface area contributed by atoms with Crippen molar-refractivity contribution in [2.45, 2.75) is 62.9 Å². The zero-order valence-electron chi connectivity index (χ0n) is 17.4. The van der Waals surface area contributed by atoms with E-state index in [1.807, 2.05) is 18.2 Å². The summed E-state index contributed by atoms with van der Waals surface area (Å²) in [5, 5.41) is 6.05. The van der Waals surface area contributed by atoms with Gasteiger partial charge in [-0.05, 0) is 55.2 Å². The first kappa shape index (κ1) is 22.3. The van der Waals surface area contributed by atoms with Crippen LogP contribution in [0.5, 0.6) is 0 Å². The first-order valence-corrected chi connectivity index (χ1v) is 12.1. The van der Waals surface area contributed by atoms with E-state index in [1.165, 1.54) is 44.2 Å². The summed E-state index contributed by atoms with van der Waals surface area (Å²) < 4.78 is 28.3. The molecular weight excluding hydrogens is 398 g/mol. The standard InChI is InChI=1S/C23H31N3O3S/c1-18(15-19-7-3-2-4-8-19)24-16-20-9-5-6-10-23(20)26-30(28,29)22-13-11-21(12-14-22)25-17-27/h5-6,9-14,17-19,24,26H,2-4,7-8,15-16H2,1H3,(H,25,27). The van der Waals surface area contributed by atoms with Gasteiger partial charge in [-0.3, -0.25) is 9.52 Å². The molecule has 1 aliphatic carbocycles. The van der Waals surface area contributed by atoms with E-state index in [0.29, 0.717) is 30.4 Å². The fourth-order valence-electron chi connectivity index (χ4n) is 4.07. The van der Waals surface area contributed by atoms with Crippen LogP contribution in [0, 0.1) is 5.92 Å². The topological polar surface area (TPSA) is 87.3 Å². The molecule has 0 bridgehead atoms. The maximum atomic E-state index is 12.8. The van der Waals surface area contributed by atoms with Crippen molar-refractivity contribution in [1.82, 2.24) is 5.32 Å². The number of amides is 1. The lowest BCUT2D eigenvalue weighted by Crippen LogP contribution is -2.29. The second-order valence-corrected chi connectivity index (χ2v) is 9.75. The molecule has 0 aliphatic heterocycles. The molecule has 1 fully saturated rings. The summed E-state index contributed by atoms with van der Waals surface area (Å²) in [5.41, 5.74) is 2.03. The van der Waals surface area contributed by atoms with Gasteiger partial charge < -0.3 is 10.6 Å². The van der Waals surface area contributed by atoms with Crippen molar-refractivity contribution in [3.8, 4) is 0 Å². The minimum absolute atomic E-state index is 0.146. The van der Waals surface area contributed by atoms with Gasteiger partial charge >= 0.3 is 0 Å². The Hall–Kier alpha value is -2.38. The van der Waals surface area contributed by atoms with E-state index < -0.39 is 10.0 Å². The van der Waals surface area contributed by atoms with Crippen molar-refractivity contribution in [1.29, 1.82) is 0 Å². The Labute approximate surface area is 179 Å². The number of benzene rings is 2. The van der Waals surface area contributed by atoms with Gasteiger partial charge in [-0.15, -0.1) is 0 Å². The summed E-state index contributed by atoms with van der Waals surface area (Å²) in [6.07, 6.45) is 8.41. The summed E-state index contributed by atoms with van der Waals surface area (Å²) >= 11 is 0. The Kier molecular flexibility index (Phi) is 7.87. The van der Waals surface area contributed by atoms with Crippen LogP contribution in [0.3, 0.4) is 0 Å². The van der Waals surface area contributed by atoms with Crippen molar-refractivity contribution in [2.24, 2.45) is 5.92 Å². The van der Waals surface area contributed by atoms with E-state index in [4.69, 9.17) is 0 Å². The van der Waals surface area contributed by atoms with Gasteiger partial charge in [0.2, 0.25) is 6.41 Å². The van der Waals surface area contributed by atoms with Crippen LogP contribution in [0.1, 0.15) is 51.0 Å². The predicted octanol–water partition coefficient (Wildman–Crippen LogP) is 4.50. The molecule has 1 saturated carbocycles. The van der Waals surface area contributed by atoms with E-state index in [9.17, 15) is 13.2 Å². The van der Waals surface area contributed by atoms with Crippen molar-refractivity contribution in [3.63, 3.8) is 0 Å². The minimum Gasteiger partial charge on any atom is -0.329 e. The highest BCUT2D eigenvalue weighted by Crippen LogP contribution is 2.27. The molecule has 0 heterocycles. The van der Waals surface area contributed by atoms with E-state index in [1.54, 1.807) is 18.2 Å². The molecule has 3 rings (SSSR count). The fourth-order valence-corrected chi connectivity index (χ4v) is 5.17. The molecule has 6 nitrogen and oxygen atoms in total. The maximum absolute atomic E-state index is 12.8. The van der Waals surface area contributed by atoms with Crippen LogP contribution in [-0.2, 0) is 21.4 Å². The molecule has 0 aromatic heterocycles. The zero-order valence-corrected chi connectivity index (χ0v) is 18.3. The van der Waals surface area contributed by atoms with Crippen molar-refractivity contribution in [2.75, 3.05) is 10.0 Å². The average molecular weight is 430 g/mol. The first-order valence-electron chi connectivity index (χ1n) is 10.6. The Morgan fingerprint density at radius 1 is 1.03 bits per heavy atom. The quantitative estimate of drug-likeness (QED) is 0.485. The van der Waals surface area contributed by atoms with Crippen LogP contribution in [-0.4, -0.2) is 20.9 Å². The fraction of sp³-hybridized carbons (Fsp3) is 0.435. The molecule has 1 aliphatic rings. The molecule has 7 heteroatoms. The molecule has 0 spiro atoms. The Morgan fingerprint density at radius 2 is 1.73 bits per heavy atom. The molecule has 30 heavy (non-hydrogen) atoms. The van der Waals surface area contributed by atoms with Gasteiger partial charge in [0, 0.05) is 18.3 Å². The van der Waals surface area contributed by atoms with Crippen molar-refractivity contribution < 1.29 is 13.2 Å². The van der Waals surface area contributed by atoms with Crippen LogP contribution in [0.25, 0.3) is 0 Å². The van der Waals surface area contributed by atoms with Gasteiger partial charge in [0.25, 0.3) is 10.0 Å². The monoisotopic (exact) mass is 429 g/mol. The van der Waals surface area contributed by atoms with Gasteiger partial charge in [-0.25, -0.2) is 8.42 Å². The molecule has 1 amide bonds. The molecule has 0 radical (unpaired) electrons. The molecular formula is C23H31N3O3S. The van der Waals surface area contributed by atoms with Gasteiger partial charge in [-0.1, -0.05) is 50.3 Å². The largest absolute Gasteiger partial charge is 0.329 e. The lowest BCUT2D eigenvalue weighted by atomic mass is 9.85. The van der Waals surface area contributed by atoms with E-state index in [2.05, 4.69) is 22.3 Å². The number of carbonyl (C=O) groups excluding carboxylic acids is 1. The molecule has 2 aromatic carbocycles. The van der Waals surface area contributed by atoms with Crippen LogP contribution >= 0.6 is 0 Å². The van der Waals surface area contributed by atoms with Crippen molar-refractivity contribution in [3.05, 3.63) is 54.1 Å². The van der Waals surface area contributed by atoms with Gasteiger partial charge in [0.1, 0.15) is 0 Å². The summed E-state index contributed by atoms with van der Waals surface area (Å²) in [4.78, 5) is 10.7. The normalized spacial score (nSPS) is 16.0. The Bertz CT molecular complexity index is 923. The predicted molar refractivity (Wildman–Crippen MR) is 121 cm³/mol. The number of hydrogen-bond donors (Lipinski definition) is 3. The third-order valence-corrected chi connectivity index (χ3v) is 7.09. The van der Waals surface area contributed by atoms with Gasteiger partial charge in [0.15, 0.2) is 0 Å². The van der Waals surface area contributed by atoms with Gasteiger partial charge in [0.05, 0.1) is 10.6 Å². The minimum atomic E-state index is -3.72. The zero-order chi connectivity index (χ0) is 21.4. The van der Waals surface area contributed by atoms with Crippen LogP contribution < -0.4 is 15.4 Å². The molecule has 1 unspecified atom stereocenters. The van der Waals surface area contributed by atoms with Crippen LogP contribution in [0.4, 0.5) is 11.4 Å². The second kappa shape index (κ2) is 10.6. The number of hydrogen-bond acceptors (Lipinski definition) is 4. The molecule has 3 N–H and O–H groups in total. The number of rotatable bonds is 10. The third kappa shape index (κ3) is 6.31. The number of carbonyl (C=O) groups is 1. The molecule has 0 saturated heterocycles. The number of para-hydroxylation sites is 1. The van der Waals surface area contributed by atoms with E-state index in [-0.39, 0.29) is 4.90 Å². The average Bonchev–Trinajstić information content (AvgIpc) is 2.74. The SMILES string of the molecule is CC(CC1CCCCC1)NCc1ccccc1NS(=O)(=O)c1ccc(NC=O)cc1. The Balaban J connectivity index is 1.63. The summed E-state index contributed by atoms with van der Waals surface area (Å²) in [6, 6.07) is 13.9. The first-order chi connectivity index (χ1) is 14.5. The highest BCUT2D eigenvalue weighted by molar-refractivity contribution is 7.92. The van der Waals surface area contributed by atoms with E-state index in [0.717, 1.165) is 17.9 Å². The third-order valence-electron chi connectivity index (χ3n) is 5.70. The number of nitrogens with one attached hydrogen (secondary N) is 3. The Morgan fingerprint density at radius 3 is 2.43 bits per heavy atom. The smallest absolute Gasteiger partial charge is 0.261 e. The highest BCUT2D eigenvalue weighted by atomic mass is 32.2. The maximum Gasteiger partial charge on any atom is 0.261 e. The lowest BCUT2D eigenvalue weighted by Gasteiger charge is -2.25. The van der Waals surface area contributed by atoms with Crippen LogP contribution in [0.2, 0.25) is 0 Å². The molecule has 2 aromatic rings. The molecule has 1 atom stereocenters.